The number of ether oxygens (including phenoxy) is 1. The zero-order chi connectivity index (χ0) is 17.7. The van der Waals surface area contributed by atoms with E-state index in [0.717, 1.165) is 6.20 Å². The normalized spacial score (nSPS) is 11.4. The first-order valence-electron chi connectivity index (χ1n) is 7.07. The van der Waals surface area contributed by atoms with Crippen LogP contribution in [-0.2, 0) is 6.18 Å². The molecule has 0 unspecified atom stereocenters. The molecule has 2 aromatic rings. The molecule has 0 saturated heterocycles. The third-order valence-electron chi connectivity index (χ3n) is 3.22. The van der Waals surface area contributed by atoms with Crippen molar-refractivity contribution in [2.45, 2.75) is 12.6 Å². The number of methoxy groups -OCH3 is 1. The van der Waals surface area contributed by atoms with E-state index in [1.807, 2.05) is 0 Å². The molecular formula is C15H16F3N3O2S. The highest BCUT2D eigenvalue weighted by Crippen LogP contribution is 2.33. The Bertz CT molecular complexity index is 699. The molecule has 1 heterocycles. The summed E-state index contributed by atoms with van der Waals surface area (Å²) < 4.78 is 46.0. The fourth-order valence-electron chi connectivity index (χ4n) is 2.08. The highest BCUT2D eigenvalue weighted by atomic mass is 32.1. The molecule has 0 saturated carbocycles. The highest BCUT2D eigenvalue weighted by molar-refractivity contribution is 7.80. The Morgan fingerprint density at radius 1 is 1.33 bits per heavy atom. The standard InChI is InChI=1S/C15H16F3N3O2S/c1-23-11-5-3-10(4-6-11)21-13(15(16,17)18)12(9-20-21)14(22)19-7-2-8-24/h3-6,9,24H,2,7-8H2,1H3,(H,19,22). The summed E-state index contributed by atoms with van der Waals surface area (Å²) in [6.45, 7) is 0.243. The fourth-order valence-corrected chi connectivity index (χ4v) is 2.24. The lowest BCUT2D eigenvalue weighted by atomic mass is 10.2. The van der Waals surface area contributed by atoms with Crippen LogP contribution in [0.25, 0.3) is 5.69 Å². The Morgan fingerprint density at radius 2 is 2.00 bits per heavy atom. The summed E-state index contributed by atoms with van der Waals surface area (Å²) in [5, 5.41) is 6.17. The molecule has 0 aliphatic heterocycles. The predicted octanol–water partition coefficient (Wildman–Crippen LogP) is 2.95. The van der Waals surface area contributed by atoms with Gasteiger partial charge in [-0.25, -0.2) is 4.68 Å². The van der Waals surface area contributed by atoms with Gasteiger partial charge in [0.05, 0.1) is 24.6 Å². The molecule has 5 nitrogen and oxygen atoms in total. The second-order valence-electron chi connectivity index (χ2n) is 4.85. The summed E-state index contributed by atoms with van der Waals surface area (Å²) in [7, 11) is 1.46. The van der Waals surface area contributed by atoms with Crippen molar-refractivity contribution < 1.29 is 22.7 Å². The largest absolute Gasteiger partial charge is 0.497 e. The summed E-state index contributed by atoms with van der Waals surface area (Å²) in [6.07, 6.45) is -3.25. The van der Waals surface area contributed by atoms with E-state index < -0.39 is 23.3 Å². The molecule has 1 aromatic heterocycles. The predicted molar refractivity (Wildman–Crippen MR) is 85.9 cm³/mol. The molecule has 0 fully saturated rings. The number of rotatable bonds is 6. The minimum absolute atomic E-state index is 0.178. The number of nitrogens with zero attached hydrogens (tertiary/aromatic N) is 2. The monoisotopic (exact) mass is 359 g/mol. The molecular weight excluding hydrogens is 343 g/mol. The second-order valence-corrected chi connectivity index (χ2v) is 5.29. The number of carbonyl (C=O) groups is 1. The van der Waals surface area contributed by atoms with Crippen LogP contribution < -0.4 is 10.1 Å². The minimum Gasteiger partial charge on any atom is -0.497 e. The van der Waals surface area contributed by atoms with Crippen LogP contribution in [0.1, 0.15) is 22.5 Å². The summed E-state index contributed by atoms with van der Waals surface area (Å²) in [6, 6.07) is 5.90. The van der Waals surface area contributed by atoms with E-state index in [1.54, 1.807) is 0 Å². The van der Waals surface area contributed by atoms with Gasteiger partial charge in [-0.3, -0.25) is 4.79 Å². The average molecular weight is 359 g/mol. The van der Waals surface area contributed by atoms with Crippen LogP contribution in [0.4, 0.5) is 13.2 Å². The minimum atomic E-state index is -4.73. The number of halogens is 3. The molecule has 1 N–H and O–H groups in total. The van der Waals surface area contributed by atoms with Crippen LogP contribution in [0.3, 0.4) is 0 Å². The lowest BCUT2D eigenvalue weighted by Gasteiger charge is -2.13. The van der Waals surface area contributed by atoms with E-state index in [9.17, 15) is 18.0 Å². The molecule has 1 aromatic carbocycles. The number of carbonyl (C=O) groups excluding carboxylic acids is 1. The van der Waals surface area contributed by atoms with Crippen LogP contribution in [0.5, 0.6) is 5.75 Å². The lowest BCUT2D eigenvalue weighted by molar-refractivity contribution is -0.143. The van der Waals surface area contributed by atoms with Crippen LogP contribution >= 0.6 is 12.6 Å². The number of hydrogen-bond donors (Lipinski definition) is 2. The Labute approximate surface area is 142 Å². The first-order chi connectivity index (χ1) is 11.4. The van der Waals surface area contributed by atoms with Crippen LogP contribution in [0, 0.1) is 0 Å². The fraction of sp³-hybridized carbons (Fsp3) is 0.333. The maximum atomic E-state index is 13.4. The van der Waals surface area contributed by atoms with Crippen LogP contribution in [0.2, 0.25) is 0 Å². The maximum Gasteiger partial charge on any atom is 0.434 e. The van der Waals surface area contributed by atoms with E-state index in [4.69, 9.17) is 4.74 Å². The highest BCUT2D eigenvalue weighted by Gasteiger charge is 2.40. The van der Waals surface area contributed by atoms with Gasteiger partial charge in [-0.05, 0) is 36.4 Å². The molecule has 0 radical (unpaired) electrons. The summed E-state index contributed by atoms with van der Waals surface area (Å²) in [4.78, 5) is 12.0. The average Bonchev–Trinajstić information content (AvgIpc) is 3.00. The third kappa shape index (κ3) is 4.02. The third-order valence-corrected chi connectivity index (χ3v) is 3.54. The molecule has 130 valence electrons. The summed E-state index contributed by atoms with van der Waals surface area (Å²) in [5.41, 5.74) is -1.45. The van der Waals surface area contributed by atoms with Crippen molar-refractivity contribution in [1.29, 1.82) is 0 Å². The zero-order valence-corrected chi connectivity index (χ0v) is 13.7. The van der Waals surface area contributed by atoms with Crippen LogP contribution in [-0.4, -0.2) is 35.1 Å². The number of thiol groups is 1. The van der Waals surface area contributed by atoms with Gasteiger partial charge < -0.3 is 10.1 Å². The molecule has 0 spiro atoms. The van der Waals surface area contributed by atoms with Crippen molar-refractivity contribution >= 4 is 18.5 Å². The van der Waals surface area contributed by atoms with Gasteiger partial charge in [-0.15, -0.1) is 0 Å². The van der Waals surface area contributed by atoms with E-state index in [0.29, 0.717) is 22.6 Å². The summed E-state index contributed by atoms with van der Waals surface area (Å²) in [5.74, 6) is 0.213. The summed E-state index contributed by atoms with van der Waals surface area (Å²) >= 11 is 3.99. The van der Waals surface area contributed by atoms with Gasteiger partial charge in [-0.2, -0.15) is 30.9 Å². The SMILES string of the molecule is COc1ccc(-n2ncc(C(=O)NCCCS)c2C(F)(F)F)cc1. The first-order valence-corrected chi connectivity index (χ1v) is 7.70. The zero-order valence-electron chi connectivity index (χ0n) is 12.8. The number of alkyl halides is 3. The van der Waals surface area contributed by atoms with E-state index in [2.05, 4.69) is 23.0 Å². The quantitative estimate of drug-likeness (QED) is 0.616. The first kappa shape index (κ1) is 18.2. The molecule has 0 atom stereocenters. The molecule has 9 heteroatoms. The maximum absolute atomic E-state index is 13.4. The van der Waals surface area contributed by atoms with Gasteiger partial charge in [-0.1, -0.05) is 0 Å². The van der Waals surface area contributed by atoms with Gasteiger partial charge in [0.25, 0.3) is 5.91 Å². The number of aromatic nitrogens is 2. The number of nitrogens with one attached hydrogen (secondary N) is 1. The Kier molecular flexibility index (Phi) is 5.76. The Hall–Kier alpha value is -2.16. The Morgan fingerprint density at radius 3 is 2.54 bits per heavy atom. The topological polar surface area (TPSA) is 56.2 Å². The molecule has 0 aliphatic carbocycles. The molecule has 2 rings (SSSR count). The number of benzene rings is 1. The smallest absolute Gasteiger partial charge is 0.434 e. The molecule has 0 bridgehead atoms. The van der Waals surface area contributed by atoms with E-state index in [-0.39, 0.29) is 12.2 Å². The van der Waals surface area contributed by atoms with Gasteiger partial charge in [0, 0.05) is 6.54 Å². The van der Waals surface area contributed by atoms with Gasteiger partial charge >= 0.3 is 6.18 Å². The van der Waals surface area contributed by atoms with Crippen molar-refractivity contribution in [3.8, 4) is 11.4 Å². The van der Waals surface area contributed by atoms with Crippen molar-refractivity contribution in [3.63, 3.8) is 0 Å². The van der Waals surface area contributed by atoms with Gasteiger partial charge in [0.15, 0.2) is 5.69 Å². The van der Waals surface area contributed by atoms with Gasteiger partial charge in [0.1, 0.15) is 5.75 Å². The van der Waals surface area contributed by atoms with E-state index >= 15 is 0 Å². The van der Waals surface area contributed by atoms with Crippen molar-refractivity contribution in [1.82, 2.24) is 15.1 Å². The van der Waals surface area contributed by atoms with Crippen molar-refractivity contribution in [2.75, 3.05) is 19.4 Å². The van der Waals surface area contributed by atoms with E-state index in [1.165, 1.54) is 31.4 Å². The molecule has 24 heavy (non-hydrogen) atoms. The Balaban J connectivity index is 2.40. The second kappa shape index (κ2) is 7.61. The molecule has 1 amide bonds. The van der Waals surface area contributed by atoms with Crippen molar-refractivity contribution in [2.24, 2.45) is 0 Å². The van der Waals surface area contributed by atoms with Crippen LogP contribution in [0.15, 0.2) is 30.5 Å². The number of hydrogen-bond acceptors (Lipinski definition) is 4. The van der Waals surface area contributed by atoms with Crippen molar-refractivity contribution in [3.05, 3.63) is 41.7 Å². The molecule has 0 aliphatic rings. The number of amides is 1. The van der Waals surface area contributed by atoms with Gasteiger partial charge in [0.2, 0.25) is 0 Å². The lowest BCUT2D eigenvalue weighted by Crippen LogP contribution is -2.27.